The van der Waals surface area contributed by atoms with E-state index in [2.05, 4.69) is 5.32 Å². The fraction of sp³-hybridized carbons (Fsp3) is 0.467. The third-order valence-corrected chi connectivity index (χ3v) is 3.59. The first kappa shape index (κ1) is 16.5. The molecule has 0 aliphatic rings. The summed E-state index contributed by atoms with van der Waals surface area (Å²) in [6.45, 7) is 3.73. The molecule has 0 fully saturated rings. The van der Waals surface area contributed by atoms with Gasteiger partial charge in [-0.3, -0.25) is 9.59 Å². The first-order chi connectivity index (χ1) is 9.45. The van der Waals surface area contributed by atoms with Crippen molar-refractivity contribution in [1.29, 1.82) is 0 Å². The van der Waals surface area contributed by atoms with Gasteiger partial charge in [0.2, 0.25) is 5.91 Å². The Labute approximate surface area is 124 Å². The van der Waals surface area contributed by atoms with Crippen LogP contribution in [0.5, 0.6) is 0 Å². The lowest BCUT2D eigenvalue weighted by molar-refractivity contribution is -0.144. The minimum Gasteiger partial charge on any atom is -0.481 e. The van der Waals surface area contributed by atoms with E-state index in [0.29, 0.717) is 17.1 Å². The van der Waals surface area contributed by atoms with Gasteiger partial charge in [-0.15, -0.1) is 0 Å². The zero-order valence-corrected chi connectivity index (χ0v) is 12.5. The van der Waals surface area contributed by atoms with Crippen LogP contribution in [0.25, 0.3) is 0 Å². The number of amides is 1. The van der Waals surface area contributed by atoms with E-state index in [1.807, 2.05) is 6.92 Å². The van der Waals surface area contributed by atoms with Crippen LogP contribution >= 0.6 is 11.6 Å². The average molecular weight is 298 g/mol. The number of carbonyl (C=O) groups is 2. The van der Waals surface area contributed by atoms with Crippen LogP contribution < -0.4 is 5.32 Å². The molecular formula is C15H20ClNO3. The Morgan fingerprint density at radius 1 is 1.35 bits per heavy atom. The van der Waals surface area contributed by atoms with Gasteiger partial charge in [-0.05, 0) is 24.5 Å². The van der Waals surface area contributed by atoms with Gasteiger partial charge >= 0.3 is 5.97 Å². The lowest BCUT2D eigenvalue weighted by Crippen LogP contribution is -2.26. The first-order valence-electron chi connectivity index (χ1n) is 6.72. The van der Waals surface area contributed by atoms with Crippen molar-refractivity contribution in [2.45, 2.75) is 33.1 Å². The van der Waals surface area contributed by atoms with Gasteiger partial charge in [0.15, 0.2) is 0 Å². The molecule has 4 nitrogen and oxygen atoms in total. The van der Waals surface area contributed by atoms with Gasteiger partial charge in [0.1, 0.15) is 0 Å². The predicted molar refractivity (Wildman–Crippen MR) is 79.9 cm³/mol. The highest BCUT2D eigenvalue weighted by Gasteiger charge is 2.25. The van der Waals surface area contributed by atoms with E-state index in [9.17, 15) is 9.59 Å². The molecule has 0 radical (unpaired) electrons. The van der Waals surface area contributed by atoms with Crippen LogP contribution in [0.4, 0.5) is 5.69 Å². The lowest BCUT2D eigenvalue weighted by Gasteiger charge is -2.19. The quantitative estimate of drug-likeness (QED) is 0.804. The van der Waals surface area contributed by atoms with Crippen molar-refractivity contribution in [1.82, 2.24) is 0 Å². The molecular weight excluding hydrogens is 278 g/mol. The number of carboxylic acid groups (broad SMARTS) is 1. The van der Waals surface area contributed by atoms with Gasteiger partial charge in [-0.2, -0.15) is 0 Å². The summed E-state index contributed by atoms with van der Waals surface area (Å²) in [5.41, 5.74) is 0.550. The zero-order valence-electron chi connectivity index (χ0n) is 11.7. The maximum atomic E-state index is 11.9. The Hall–Kier alpha value is -1.55. The summed E-state index contributed by atoms with van der Waals surface area (Å²) in [5.74, 6) is -1.76. The molecule has 20 heavy (non-hydrogen) atoms. The molecule has 1 rings (SSSR count). The minimum absolute atomic E-state index is 0.169. The summed E-state index contributed by atoms with van der Waals surface area (Å²) >= 11 is 5.96. The standard InChI is InChI=1S/C15H20ClNO3/c1-3-6-11(15(19)20)10(2)9-14(18)17-13-8-5-4-7-12(13)16/h4-5,7-8,10-11H,3,6,9H2,1-2H3,(H,17,18)(H,19,20)/t10-,11+/m1/s1. The molecule has 0 saturated carbocycles. The van der Waals surface area contributed by atoms with Crippen molar-refractivity contribution < 1.29 is 14.7 Å². The molecule has 1 amide bonds. The van der Waals surface area contributed by atoms with E-state index in [-0.39, 0.29) is 18.2 Å². The number of aliphatic carboxylic acids is 1. The van der Waals surface area contributed by atoms with E-state index in [1.165, 1.54) is 0 Å². The van der Waals surface area contributed by atoms with Gasteiger partial charge in [-0.1, -0.05) is 44.0 Å². The van der Waals surface area contributed by atoms with Gasteiger partial charge in [0.25, 0.3) is 0 Å². The Bertz CT molecular complexity index is 476. The first-order valence-corrected chi connectivity index (χ1v) is 7.10. The molecule has 110 valence electrons. The van der Waals surface area contributed by atoms with Crippen LogP contribution in [0.3, 0.4) is 0 Å². The highest BCUT2D eigenvalue weighted by atomic mass is 35.5. The fourth-order valence-electron chi connectivity index (χ4n) is 2.16. The van der Waals surface area contributed by atoms with Gasteiger partial charge in [0.05, 0.1) is 16.6 Å². The molecule has 2 atom stereocenters. The second-order valence-corrected chi connectivity index (χ2v) is 5.35. The second-order valence-electron chi connectivity index (χ2n) is 4.94. The summed E-state index contributed by atoms with van der Waals surface area (Å²) in [6.07, 6.45) is 1.53. The van der Waals surface area contributed by atoms with Crippen molar-refractivity contribution >= 4 is 29.2 Å². The lowest BCUT2D eigenvalue weighted by atomic mass is 9.87. The number of carbonyl (C=O) groups excluding carboxylic acids is 1. The van der Waals surface area contributed by atoms with Crippen LogP contribution in [0.2, 0.25) is 5.02 Å². The van der Waals surface area contributed by atoms with Crippen LogP contribution in [-0.4, -0.2) is 17.0 Å². The molecule has 0 bridgehead atoms. The summed E-state index contributed by atoms with van der Waals surface area (Å²) in [7, 11) is 0. The topological polar surface area (TPSA) is 66.4 Å². The molecule has 5 heteroatoms. The number of para-hydroxylation sites is 1. The summed E-state index contributed by atoms with van der Waals surface area (Å²) < 4.78 is 0. The van der Waals surface area contributed by atoms with Gasteiger partial charge in [-0.25, -0.2) is 0 Å². The number of anilines is 1. The highest BCUT2D eigenvalue weighted by molar-refractivity contribution is 6.33. The number of carboxylic acids is 1. The van der Waals surface area contributed by atoms with Crippen molar-refractivity contribution in [2.75, 3.05) is 5.32 Å². The Balaban J connectivity index is 2.61. The zero-order chi connectivity index (χ0) is 15.1. The molecule has 0 heterocycles. The SMILES string of the molecule is CCC[C@H](C(=O)O)[C@H](C)CC(=O)Nc1ccccc1Cl. The van der Waals surface area contributed by atoms with Crippen molar-refractivity contribution in [3.63, 3.8) is 0 Å². The van der Waals surface area contributed by atoms with Crippen molar-refractivity contribution in [2.24, 2.45) is 11.8 Å². The number of hydrogen-bond acceptors (Lipinski definition) is 2. The normalized spacial score (nSPS) is 13.6. The minimum atomic E-state index is -0.843. The molecule has 0 aromatic heterocycles. The smallest absolute Gasteiger partial charge is 0.306 e. The predicted octanol–water partition coefficient (Wildman–Crippen LogP) is 3.81. The summed E-state index contributed by atoms with van der Waals surface area (Å²) in [4.78, 5) is 23.1. The third kappa shape index (κ3) is 4.85. The molecule has 1 aromatic carbocycles. The largest absolute Gasteiger partial charge is 0.481 e. The molecule has 1 aromatic rings. The number of nitrogens with one attached hydrogen (secondary N) is 1. The number of halogens is 1. The molecule has 0 spiro atoms. The fourth-order valence-corrected chi connectivity index (χ4v) is 2.34. The number of rotatable bonds is 7. The van der Waals surface area contributed by atoms with E-state index in [4.69, 9.17) is 16.7 Å². The summed E-state index contributed by atoms with van der Waals surface area (Å²) in [6, 6.07) is 6.97. The van der Waals surface area contributed by atoms with E-state index >= 15 is 0 Å². The second kappa shape index (κ2) is 7.90. The number of hydrogen-bond donors (Lipinski definition) is 2. The van der Waals surface area contributed by atoms with Crippen LogP contribution in [0, 0.1) is 11.8 Å². The Morgan fingerprint density at radius 2 is 2.00 bits per heavy atom. The molecule has 0 unspecified atom stereocenters. The summed E-state index contributed by atoms with van der Waals surface area (Å²) in [5, 5.41) is 12.4. The molecule has 0 aliphatic carbocycles. The highest BCUT2D eigenvalue weighted by Crippen LogP contribution is 2.24. The van der Waals surface area contributed by atoms with E-state index in [1.54, 1.807) is 31.2 Å². The monoisotopic (exact) mass is 297 g/mol. The van der Waals surface area contributed by atoms with Crippen LogP contribution in [0.15, 0.2) is 24.3 Å². The molecule has 0 aliphatic heterocycles. The Kier molecular flexibility index (Phi) is 6.52. The van der Waals surface area contributed by atoms with E-state index < -0.39 is 11.9 Å². The van der Waals surface area contributed by atoms with Gasteiger partial charge in [0, 0.05) is 6.42 Å². The average Bonchev–Trinajstić information content (AvgIpc) is 2.38. The van der Waals surface area contributed by atoms with E-state index in [0.717, 1.165) is 6.42 Å². The molecule has 2 N–H and O–H groups in total. The number of benzene rings is 1. The van der Waals surface area contributed by atoms with Crippen LogP contribution in [0.1, 0.15) is 33.1 Å². The van der Waals surface area contributed by atoms with Gasteiger partial charge < -0.3 is 10.4 Å². The molecule has 0 saturated heterocycles. The maximum absolute atomic E-state index is 11.9. The van der Waals surface area contributed by atoms with Crippen molar-refractivity contribution in [3.05, 3.63) is 29.3 Å². The maximum Gasteiger partial charge on any atom is 0.306 e. The van der Waals surface area contributed by atoms with Crippen LogP contribution in [-0.2, 0) is 9.59 Å². The van der Waals surface area contributed by atoms with Crippen molar-refractivity contribution in [3.8, 4) is 0 Å². The Morgan fingerprint density at radius 3 is 2.55 bits per heavy atom. The third-order valence-electron chi connectivity index (χ3n) is 3.26.